The minimum atomic E-state index is -0.831. The van der Waals surface area contributed by atoms with Crippen molar-refractivity contribution in [1.82, 2.24) is 0 Å². The first kappa shape index (κ1) is 11.5. The monoisotopic (exact) mass is 212 g/mol. The molecule has 0 saturated carbocycles. The van der Waals surface area contributed by atoms with Crippen LogP contribution in [0.25, 0.3) is 0 Å². The van der Waals surface area contributed by atoms with Crippen molar-refractivity contribution in [2.45, 2.75) is 12.2 Å². The van der Waals surface area contributed by atoms with Crippen LogP contribution in [0.2, 0.25) is 0 Å². The Morgan fingerprint density at radius 3 is 1.80 bits per heavy atom. The van der Waals surface area contributed by atoms with Gasteiger partial charge in [-0.25, -0.2) is 9.59 Å². The zero-order chi connectivity index (χ0) is 11.3. The zero-order valence-corrected chi connectivity index (χ0v) is 8.18. The van der Waals surface area contributed by atoms with E-state index in [1.807, 2.05) is 0 Å². The molecule has 1 aliphatic rings. The van der Waals surface area contributed by atoms with Crippen LogP contribution in [0.4, 0.5) is 0 Å². The molecule has 0 bridgehead atoms. The fourth-order valence-electron chi connectivity index (χ4n) is 0.917. The molecule has 5 nitrogen and oxygen atoms in total. The van der Waals surface area contributed by atoms with Gasteiger partial charge in [-0.05, 0) is 0 Å². The van der Waals surface area contributed by atoms with Gasteiger partial charge < -0.3 is 14.2 Å². The molecule has 0 aromatic carbocycles. The molecular formula is C10H12O5. The third kappa shape index (κ3) is 3.21. The van der Waals surface area contributed by atoms with Crippen molar-refractivity contribution >= 4 is 11.9 Å². The predicted molar refractivity (Wildman–Crippen MR) is 51.0 cm³/mol. The molecule has 0 aromatic rings. The van der Waals surface area contributed by atoms with E-state index in [4.69, 9.17) is 14.2 Å². The average molecular weight is 212 g/mol. The van der Waals surface area contributed by atoms with Crippen LogP contribution in [0.1, 0.15) is 0 Å². The van der Waals surface area contributed by atoms with Crippen molar-refractivity contribution in [2.75, 3.05) is 13.2 Å². The van der Waals surface area contributed by atoms with Crippen molar-refractivity contribution < 1.29 is 23.8 Å². The van der Waals surface area contributed by atoms with Gasteiger partial charge in [0, 0.05) is 0 Å². The van der Waals surface area contributed by atoms with Gasteiger partial charge in [0.15, 0.2) is 12.2 Å². The lowest BCUT2D eigenvalue weighted by Gasteiger charge is -1.98. The minimum absolute atomic E-state index is 0.104. The first-order valence-electron chi connectivity index (χ1n) is 4.41. The summed E-state index contributed by atoms with van der Waals surface area (Å²) in [6.45, 7) is 6.98. The number of ether oxygens (including phenoxy) is 3. The van der Waals surface area contributed by atoms with Crippen molar-refractivity contribution in [3.05, 3.63) is 25.3 Å². The lowest BCUT2D eigenvalue weighted by atomic mass is 10.3. The van der Waals surface area contributed by atoms with E-state index in [1.54, 1.807) is 0 Å². The number of carbonyl (C=O) groups excluding carboxylic acids is 2. The highest BCUT2D eigenvalue weighted by atomic mass is 16.7. The second kappa shape index (κ2) is 5.31. The largest absolute Gasteiger partial charge is 0.459 e. The van der Waals surface area contributed by atoms with Crippen LogP contribution in [0.3, 0.4) is 0 Å². The molecule has 2 atom stereocenters. The molecule has 2 unspecified atom stereocenters. The Hall–Kier alpha value is -1.62. The van der Waals surface area contributed by atoms with E-state index >= 15 is 0 Å². The van der Waals surface area contributed by atoms with Gasteiger partial charge in [-0.1, -0.05) is 25.3 Å². The van der Waals surface area contributed by atoms with Crippen molar-refractivity contribution in [3.8, 4) is 0 Å². The summed E-state index contributed by atoms with van der Waals surface area (Å²) in [6, 6.07) is 0. The third-order valence-electron chi connectivity index (χ3n) is 1.64. The van der Waals surface area contributed by atoms with E-state index in [9.17, 15) is 9.59 Å². The predicted octanol–water partition coefficient (Wildman–Crippen LogP) is 0.212. The van der Waals surface area contributed by atoms with Crippen LogP contribution in [0.5, 0.6) is 0 Å². The Morgan fingerprint density at radius 2 is 1.47 bits per heavy atom. The molecule has 5 heteroatoms. The van der Waals surface area contributed by atoms with E-state index in [0.29, 0.717) is 0 Å². The topological polar surface area (TPSA) is 65.1 Å². The van der Waals surface area contributed by atoms with Gasteiger partial charge in [0.05, 0.1) is 0 Å². The number of carbonyl (C=O) groups is 2. The highest BCUT2D eigenvalue weighted by Crippen LogP contribution is 2.24. The second-order valence-corrected chi connectivity index (χ2v) is 2.81. The summed E-state index contributed by atoms with van der Waals surface area (Å²) in [6.07, 6.45) is 1.21. The summed E-state index contributed by atoms with van der Waals surface area (Å²) < 4.78 is 14.2. The van der Waals surface area contributed by atoms with Crippen LogP contribution in [0.15, 0.2) is 25.3 Å². The molecule has 0 amide bonds. The van der Waals surface area contributed by atoms with E-state index < -0.39 is 24.1 Å². The van der Waals surface area contributed by atoms with Crippen LogP contribution >= 0.6 is 0 Å². The maximum absolute atomic E-state index is 11.1. The second-order valence-electron chi connectivity index (χ2n) is 2.81. The molecule has 0 radical (unpaired) electrons. The molecule has 0 aromatic heterocycles. The van der Waals surface area contributed by atoms with Crippen molar-refractivity contribution in [3.63, 3.8) is 0 Å². The highest BCUT2D eigenvalue weighted by Gasteiger charge is 2.52. The lowest BCUT2D eigenvalue weighted by molar-refractivity contribution is -0.146. The van der Waals surface area contributed by atoms with Crippen LogP contribution in [0, 0.1) is 0 Å². The maximum atomic E-state index is 11.1. The Kier molecular flexibility index (Phi) is 4.05. The molecular weight excluding hydrogens is 200 g/mol. The van der Waals surface area contributed by atoms with Gasteiger partial charge in [-0.2, -0.15) is 0 Å². The van der Waals surface area contributed by atoms with Crippen molar-refractivity contribution in [2.24, 2.45) is 0 Å². The Morgan fingerprint density at radius 1 is 1.07 bits per heavy atom. The van der Waals surface area contributed by atoms with E-state index in [2.05, 4.69) is 13.2 Å². The first-order chi connectivity index (χ1) is 7.20. The van der Waals surface area contributed by atoms with Gasteiger partial charge in [0.2, 0.25) is 0 Å². The smallest absolute Gasteiger partial charge is 0.339 e. The van der Waals surface area contributed by atoms with Gasteiger partial charge in [-0.15, -0.1) is 0 Å². The molecule has 82 valence electrons. The number of hydrogen-bond donors (Lipinski definition) is 0. The van der Waals surface area contributed by atoms with Crippen molar-refractivity contribution in [1.29, 1.82) is 0 Å². The molecule has 0 N–H and O–H groups in total. The SMILES string of the molecule is C=CCOC(=O)C1OC1C(=O)OCC=C. The highest BCUT2D eigenvalue weighted by molar-refractivity contribution is 5.89. The summed E-state index contributed by atoms with van der Waals surface area (Å²) in [5, 5.41) is 0. The number of hydrogen-bond acceptors (Lipinski definition) is 5. The fraction of sp³-hybridized carbons (Fsp3) is 0.400. The molecule has 0 aliphatic carbocycles. The molecule has 1 fully saturated rings. The lowest BCUT2D eigenvalue weighted by Crippen LogP contribution is -2.20. The summed E-state index contributed by atoms with van der Waals surface area (Å²) in [4.78, 5) is 22.3. The Balaban J connectivity index is 2.26. The number of epoxide rings is 1. The Labute approximate surface area is 87.3 Å². The van der Waals surface area contributed by atoms with Gasteiger partial charge in [0.1, 0.15) is 13.2 Å². The Bertz CT molecular complexity index is 256. The third-order valence-corrected chi connectivity index (χ3v) is 1.64. The molecule has 1 saturated heterocycles. The molecule has 1 aliphatic heterocycles. The summed E-state index contributed by atoms with van der Waals surface area (Å²) in [5.74, 6) is -1.15. The van der Waals surface area contributed by atoms with Crippen LogP contribution in [-0.2, 0) is 23.8 Å². The molecule has 1 rings (SSSR count). The molecule has 1 heterocycles. The zero-order valence-electron chi connectivity index (χ0n) is 8.18. The average Bonchev–Trinajstić information content (AvgIpc) is 3.02. The summed E-state index contributed by atoms with van der Waals surface area (Å²) in [5.41, 5.74) is 0. The van der Waals surface area contributed by atoms with E-state index in [1.165, 1.54) is 12.2 Å². The summed E-state index contributed by atoms with van der Waals surface area (Å²) >= 11 is 0. The number of rotatable bonds is 6. The summed E-state index contributed by atoms with van der Waals surface area (Å²) in [7, 11) is 0. The van der Waals surface area contributed by atoms with Gasteiger partial charge >= 0.3 is 11.9 Å². The quantitative estimate of drug-likeness (QED) is 0.358. The molecule has 0 spiro atoms. The van der Waals surface area contributed by atoms with Crippen LogP contribution in [-0.4, -0.2) is 37.4 Å². The molecule has 15 heavy (non-hydrogen) atoms. The van der Waals surface area contributed by atoms with Crippen LogP contribution < -0.4 is 0 Å². The normalized spacial score (nSPS) is 22.7. The minimum Gasteiger partial charge on any atom is -0.459 e. The van der Waals surface area contributed by atoms with E-state index in [0.717, 1.165) is 0 Å². The van der Waals surface area contributed by atoms with Gasteiger partial charge in [0.25, 0.3) is 0 Å². The van der Waals surface area contributed by atoms with E-state index in [-0.39, 0.29) is 13.2 Å². The maximum Gasteiger partial charge on any atom is 0.339 e. The van der Waals surface area contributed by atoms with Gasteiger partial charge in [-0.3, -0.25) is 0 Å². The number of esters is 2. The first-order valence-corrected chi connectivity index (χ1v) is 4.41. The fourth-order valence-corrected chi connectivity index (χ4v) is 0.917. The standard InChI is InChI=1S/C10H12O5/c1-3-5-13-9(11)7-8(15-7)10(12)14-6-4-2/h3-4,7-8H,1-2,5-6H2.